The van der Waals surface area contributed by atoms with E-state index in [0.717, 1.165) is 11.3 Å². The minimum absolute atomic E-state index is 0.00676. The van der Waals surface area contributed by atoms with E-state index < -0.39 is 0 Å². The first kappa shape index (κ1) is 13.2. The van der Waals surface area contributed by atoms with Crippen LogP contribution in [-0.4, -0.2) is 29.3 Å². The molecule has 0 aliphatic carbocycles. The molecule has 2 aromatic rings. The lowest BCUT2D eigenvalue weighted by atomic mass is 10.3. The van der Waals surface area contributed by atoms with Gasteiger partial charge in [-0.3, -0.25) is 9.36 Å². The predicted octanol–water partition coefficient (Wildman–Crippen LogP) is 0.996. The summed E-state index contributed by atoms with van der Waals surface area (Å²) in [6, 6.07) is 1.94. The average Bonchev–Trinajstić information content (AvgIpc) is 2.81. The van der Waals surface area contributed by atoms with Gasteiger partial charge in [-0.2, -0.15) is 0 Å². The maximum absolute atomic E-state index is 12.2. The highest BCUT2D eigenvalue weighted by Crippen LogP contribution is 2.20. The van der Waals surface area contributed by atoms with Gasteiger partial charge in [-0.1, -0.05) is 6.92 Å². The number of hydrogen-bond donors (Lipinski definition) is 1. The molecule has 2 heterocycles. The molecule has 98 valence electrons. The standard InChI is InChI=1S/C12H17N3O2S/c1-2-9-7-10-11(18-9)14-8-15(12(10)16)4-6-17-5-3-13/h7-8H,2-6,13H2,1H3. The van der Waals surface area contributed by atoms with Gasteiger partial charge in [-0.15, -0.1) is 11.3 Å². The third-order valence-corrected chi connectivity index (χ3v) is 3.84. The van der Waals surface area contributed by atoms with E-state index in [0.29, 0.717) is 31.7 Å². The fourth-order valence-corrected chi connectivity index (χ4v) is 2.62. The van der Waals surface area contributed by atoms with Crippen molar-refractivity contribution in [2.75, 3.05) is 19.8 Å². The van der Waals surface area contributed by atoms with E-state index in [2.05, 4.69) is 11.9 Å². The Morgan fingerprint density at radius 1 is 1.50 bits per heavy atom. The normalized spacial score (nSPS) is 11.2. The molecule has 0 aromatic carbocycles. The largest absolute Gasteiger partial charge is 0.378 e. The highest BCUT2D eigenvalue weighted by molar-refractivity contribution is 7.18. The monoisotopic (exact) mass is 267 g/mol. The lowest BCUT2D eigenvalue weighted by molar-refractivity contribution is 0.132. The lowest BCUT2D eigenvalue weighted by Crippen LogP contribution is -2.23. The highest BCUT2D eigenvalue weighted by Gasteiger charge is 2.07. The molecule has 0 radical (unpaired) electrons. The quantitative estimate of drug-likeness (QED) is 0.793. The number of rotatable bonds is 6. The number of fused-ring (bicyclic) bond motifs is 1. The first-order chi connectivity index (χ1) is 8.76. The van der Waals surface area contributed by atoms with Gasteiger partial charge in [0.25, 0.3) is 5.56 Å². The summed E-state index contributed by atoms with van der Waals surface area (Å²) in [5.41, 5.74) is 5.33. The number of ether oxygens (including phenoxy) is 1. The molecule has 0 bridgehead atoms. The molecule has 2 rings (SSSR count). The summed E-state index contributed by atoms with van der Waals surface area (Å²) in [7, 11) is 0. The van der Waals surface area contributed by atoms with Crippen LogP contribution in [0, 0.1) is 0 Å². The zero-order valence-electron chi connectivity index (χ0n) is 10.4. The molecule has 0 saturated carbocycles. The van der Waals surface area contributed by atoms with Crippen molar-refractivity contribution in [1.29, 1.82) is 0 Å². The fourth-order valence-electron chi connectivity index (χ4n) is 1.69. The van der Waals surface area contributed by atoms with Gasteiger partial charge in [0.05, 0.1) is 31.5 Å². The molecule has 0 amide bonds. The molecule has 0 fully saturated rings. The topological polar surface area (TPSA) is 70.1 Å². The van der Waals surface area contributed by atoms with Crippen LogP contribution in [0.1, 0.15) is 11.8 Å². The van der Waals surface area contributed by atoms with E-state index >= 15 is 0 Å². The third kappa shape index (κ3) is 2.77. The van der Waals surface area contributed by atoms with Crippen LogP contribution in [0.4, 0.5) is 0 Å². The molecule has 0 atom stereocenters. The molecule has 2 aromatic heterocycles. The first-order valence-electron chi connectivity index (χ1n) is 6.02. The van der Waals surface area contributed by atoms with Crippen LogP contribution >= 0.6 is 11.3 Å². The highest BCUT2D eigenvalue weighted by atomic mass is 32.1. The van der Waals surface area contributed by atoms with E-state index in [1.54, 1.807) is 22.2 Å². The third-order valence-electron chi connectivity index (χ3n) is 2.66. The van der Waals surface area contributed by atoms with Gasteiger partial charge in [-0.25, -0.2) is 4.98 Å². The van der Waals surface area contributed by atoms with E-state index in [1.807, 2.05) is 6.07 Å². The van der Waals surface area contributed by atoms with Crippen molar-refractivity contribution >= 4 is 21.6 Å². The summed E-state index contributed by atoms with van der Waals surface area (Å²) in [5, 5.41) is 0.707. The van der Waals surface area contributed by atoms with Gasteiger partial charge in [0.15, 0.2) is 0 Å². The minimum atomic E-state index is 0.00676. The van der Waals surface area contributed by atoms with Gasteiger partial charge < -0.3 is 10.5 Å². The van der Waals surface area contributed by atoms with Crippen molar-refractivity contribution < 1.29 is 4.74 Å². The molecule has 18 heavy (non-hydrogen) atoms. The zero-order chi connectivity index (χ0) is 13.0. The van der Waals surface area contributed by atoms with Crippen molar-refractivity contribution in [1.82, 2.24) is 9.55 Å². The molecule has 6 heteroatoms. The summed E-state index contributed by atoms with van der Waals surface area (Å²) in [4.78, 5) is 18.5. The van der Waals surface area contributed by atoms with Crippen LogP contribution in [0.15, 0.2) is 17.2 Å². The Morgan fingerprint density at radius 2 is 2.33 bits per heavy atom. The lowest BCUT2D eigenvalue weighted by Gasteiger charge is -2.05. The van der Waals surface area contributed by atoms with E-state index in [4.69, 9.17) is 10.5 Å². The summed E-state index contributed by atoms with van der Waals surface area (Å²) >= 11 is 1.58. The summed E-state index contributed by atoms with van der Waals surface area (Å²) in [6.45, 7) is 4.08. The maximum atomic E-state index is 12.2. The average molecular weight is 267 g/mol. The first-order valence-corrected chi connectivity index (χ1v) is 6.83. The summed E-state index contributed by atoms with van der Waals surface area (Å²) in [5.74, 6) is 0. The molecule has 0 aliphatic rings. The van der Waals surface area contributed by atoms with Crippen LogP contribution in [0.25, 0.3) is 10.2 Å². The maximum Gasteiger partial charge on any atom is 0.262 e. The van der Waals surface area contributed by atoms with Crippen LogP contribution in [-0.2, 0) is 17.7 Å². The number of nitrogens with two attached hydrogens (primary N) is 1. The SMILES string of the molecule is CCc1cc2c(=O)n(CCOCCN)cnc2s1. The minimum Gasteiger partial charge on any atom is -0.378 e. The number of aryl methyl sites for hydroxylation is 1. The second-order valence-electron chi connectivity index (χ2n) is 3.93. The zero-order valence-corrected chi connectivity index (χ0v) is 11.2. The van der Waals surface area contributed by atoms with Gasteiger partial charge >= 0.3 is 0 Å². The summed E-state index contributed by atoms with van der Waals surface area (Å²) < 4.78 is 6.86. The molecule has 0 unspecified atom stereocenters. The number of aromatic nitrogens is 2. The Bertz CT molecular complexity index is 576. The Kier molecular flexibility index (Phi) is 4.46. The molecular formula is C12H17N3O2S. The molecule has 0 spiro atoms. The Labute approximate surface area is 109 Å². The van der Waals surface area contributed by atoms with E-state index in [9.17, 15) is 4.79 Å². The predicted molar refractivity (Wildman–Crippen MR) is 73.1 cm³/mol. The van der Waals surface area contributed by atoms with Gasteiger partial charge in [0.2, 0.25) is 0 Å². The Morgan fingerprint density at radius 3 is 3.06 bits per heavy atom. The van der Waals surface area contributed by atoms with E-state index in [-0.39, 0.29) is 5.56 Å². The summed E-state index contributed by atoms with van der Waals surface area (Å²) in [6.07, 6.45) is 2.52. The van der Waals surface area contributed by atoms with Gasteiger partial charge in [0.1, 0.15) is 4.83 Å². The van der Waals surface area contributed by atoms with Crippen LogP contribution in [0.2, 0.25) is 0 Å². The molecule has 2 N–H and O–H groups in total. The second kappa shape index (κ2) is 6.08. The van der Waals surface area contributed by atoms with Crippen LogP contribution in [0.3, 0.4) is 0 Å². The molecule has 0 saturated heterocycles. The van der Waals surface area contributed by atoms with Gasteiger partial charge in [-0.05, 0) is 12.5 Å². The van der Waals surface area contributed by atoms with E-state index in [1.165, 1.54) is 4.88 Å². The van der Waals surface area contributed by atoms with Crippen LogP contribution < -0.4 is 11.3 Å². The smallest absolute Gasteiger partial charge is 0.262 e. The second-order valence-corrected chi connectivity index (χ2v) is 5.04. The van der Waals surface area contributed by atoms with Gasteiger partial charge in [0, 0.05) is 11.4 Å². The van der Waals surface area contributed by atoms with Crippen molar-refractivity contribution in [2.45, 2.75) is 19.9 Å². The number of nitrogens with zero attached hydrogens (tertiary/aromatic N) is 2. The number of hydrogen-bond acceptors (Lipinski definition) is 5. The van der Waals surface area contributed by atoms with Crippen molar-refractivity contribution in [3.63, 3.8) is 0 Å². The molecular weight excluding hydrogens is 250 g/mol. The van der Waals surface area contributed by atoms with Crippen molar-refractivity contribution in [2.24, 2.45) is 5.73 Å². The Balaban J connectivity index is 2.19. The number of thiophene rings is 1. The molecule has 0 aliphatic heterocycles. The van der Waals surface area contributed by atoms with Crippen molar-refractivity contribution in [3.8, 4) is 0 Å². The molecule has 5 nitrogen and oxygen atoms in total. The fraction of sp³-hybridized carbons (Fsp3) is 0.500. The van der Waals surface area contributed by atoms with Crippen molar-refractivity contribution in [3.05, 3.63) is 27.6 Å². The Hall–Kier alpha value is -1.24. The van der Waals surface area contributed by atoms with Crippen LogP contribution in [0.5, 0.6) is 0 Å².